The van der Waals surface area contributed by atoms with E-state index >= 15 is 0 Å². The zero-order chi connectivity index (χ0) is 22.9. The first-order valence-corrected chi connectivity index (χ1v) is 11.6. The second-order valence-corrected chi connectivity index (χ2v) is 9.02. The van der Waals surface area contributed by atoms with Crippen molar-refractivity contribution in [3.63, 3.8) is 0 Å². The maximum Gasteiger partial charge on any atom is 0.332 e. The first kappa shape index (κ1) is 21.2. The van der Waals surface area contributed by atoms with Crippen LogP contribution in [0.4, 0.5) is 0 Å². The molecule has 7 nitrogen and oxygen atoms in total. The Labute approximate surface area is 193 Å². The number of hydrogen-bond acceptors (Lipinski definition) is 5. The summed E-state index contributed by atoms with van der Waals surface area (Å²) in [4.78, 5) is 39.4. The molecule has 1 N–H and O–H groups in total. The van der Waals surface area contributed by atoms with Crippen molar-refractivity contribution in [1.29, 1.82) is 0 Å². The monoisotopic (exact) mass is 461 g/mol. The third-order valence-electron chi connectivity index (χ3n) is 6.08. The molecule has 168 valence electrons. The molecule has 0 bridgehead atoms. The third-order valence-corrected chi connectivity index (χ3v) is 6.97. The Kier molecular flexibility index (Phi) is 5.60. The molecule has 8 heteroatoms. The van der Waals surface area contributed by atoms with E-state index in [4.69, 9.17) is 4.74 Å². The number of carbonyl (C=O) groups is 1. The highest BCUT2D eigenvalue weighted by Crippen LogP contribution is 2.30. The van der Waals surface area contributed by atoms with E-state index in [1.54, 1.807) is 30.7 Å². The molecule has 1 amide bonds. The van der Waals surface area contributed by atoms with Crippen molar-refractivity contribution in [3.8, 4) is 5.75 Å². The van der Waals surface area contributed by atoms with Gasteiger partial charge in [0, 0.05) is 0 Å². The number of carbonyl (C=O) groups excluding carboxylic acids is 1. The summed E-state index contributed by atoms with van der Waals surface area (Å²) in [6, 6.07) is 17.0. The zero-order valence-corrected chi connectivity index (χ0v) is 18.9. The van der Waals surface area contributed by atoms with Crippen LogP contribution >= 0.6 is 11.3 Å². The van der Waals surface area contributed by atoms with Gasteiger partial charge in [-0.15, -0.1) is 11.3 Å². The second kappa shape index (κ2) is 8.71. The lowest BCUT2D eigenvalue weighted by molar-refractivity contribution is -0.122. The van der Waals surface area contributed by atoms with Crippen LogP contribution in [0.1, 0.15) is 29.2 Å². The number of rotatable bonds is 6. The Morgan fingerprint density at radius 2 is 1.97 bits per heavy atom. The molecule has 2 aromatic carbocycles. The highest BCUT2D eigenvalue weighted by molar-refractivity contribution is 7.17. The van der Waals surface area contributed by atoms with Gasteiger partial charge < -0.3 is 10.1 Å². The minimum absolute atomic E-state index is 0.0648. The molecule has 4 aromatic rings. The number of aromatic nitrogens is 2. The SMILES string of the molecule is COc1cccc(Cn2c(=O)c3sccc3n(CC(=O)NC3CCc4ccccc43)c2=O)c1. The van der Waals surface area contributed by atoms with E-state index in [1.165, 1.54) is 26.0 Å². The maximum absolute atomic E-state index is 13.4. The van der Waals surface area contributed by atoms with Gasteiger partial charge in [-0.2, -0.15) is 0 Å². The van der Waals surface area contributed by atoms with E-state index in [1.807, 2.05) is 30.3 Å². The molecule has 0 spiro atoms. The molecule has 1 atom stereocenters. The van der Waals surface area contributed by atoms with Gasteiger partial charge in [0.05, 0.1) is 25.2 Å². The van der Waals surface area contributed by atoms with E-state index in [-0.39, 0.29) is 30.6 Å². The number of thiophene rings is 1. The van der Waals surface area contributed by atoms with Crippen molar-refractivity contribution in [3.05, 3.63) is 97.5 Å². The van der Waals surface area contributed by atoms with Crippen molar-refractivity contribution in [2.75, 3.05) is 7.11 Å². The van der Waals surface area contributed by atoms with Crippen LogP contribution in [-0.2, 0) is 24.3 Å². The average molecular weight is 462 g/mol. The highest BCUT2D eigenvalue weighted by atomic mass is 32.1. The third kappa shape index (κ3) is 3.98. The number of fused-ring (bicyclic) bond motifs is 2. The number of hydrogen-bond donors (Lipinski definition) is 1. The molecule has 2 aromatic heterocycles. The van der Waals surface area contributed by atoms with Crippen molar-refractivity contribution in [2.24, 2.45) is 0 Å². The second-order valence-electron chi connectivity index (χ2n) is 8.10. The van der Waals surface area contributed by atoms with Gasteiger partial charge in [-0.1, -0.05) is 36.4 Å². The van der Waals surface area contributed by atoms with Gasteiger partial charge in [0.1, 0.15) is 17.0 Å². The number of nitrogens with zero attached hydrogens (tertiary/aromatic N) is 2. The molecular formula is C25H23N3O4S. The van der Waals surface area contributed by atoms with Gasteiger partial charge in [0.15, 0.2) is 0 Å². The fourth-order valence-corrected chi connectivity index (χ4v) is 5.31. The topological polar surface area (TPSA) is 82.3 Å². The van der Waals surface area contributed by atoms with E-state index in [2.05, 4.69) is 11.4 Å². The zero-order valence-electron chi connectivity index (χ0n) is 18.1. The van der Waals surface area contributed by atoms with Crippen LogP contribution in [0, 0.1) is 0 Å². The molecular weight excluding hydrogens is 438 g/mol. The van der Waals surface area contributed by atoms with Gasteiger partial charge in [0.25, 0.3) is 5.56 Å². The average Bonchev–Trinajstić information content (AvgIpc) is 3.48. The molecule has 0 fully saturated rings. The Morgan fingerprint density at radius 1 is 1.12 bits per heavy atom. The summed E-state index contributed by atoms with van der Waals surface area (Å²) in [5.41, 5.74) is 2.76. The number of ether oxygens (including phenoxy) is 1. The Hall–Kier alpha value is -3.65. The van der Waals surface area contributed by atoms with Crippen LogP contribution in [0.3, 0.4) is 0 Å². The Balaban J connectivity index is 1.47. The molecule has 5 rings (SSSR count). The van der Waals surface area contributed by atoms with E-state index < -0.39 is 5.69 Å². The highest BCUT2D eigenvalue weighted by Gasteiger charge is 2.24. The summed E-state index contributed by atoms with van der Waals surface area (Å²) < 4.78 is 8.29. The van der Waals surface area contributed by atoms with Crippen molar-refractivity contribution in [2.45, 2.75) is 32.0 Å². The number of nitrogens with one attached hydrogen (secondary N) is 1. The Bertz CT molecular complexity index is 1470. The first-order valence-electron chi connectivity index (χ1n) is 10.8. The largest absolute Gasteiger partial charge is 0.497 e. The fraction of sp³-hybridized carbons (Fsp3) is 0.240. The van der Waals surface area contributed by atoms with Crippen LogP contribution < -0.4 is 21.3 Å². The van der Waals surface area contributed by atoms with Gasteiger partial charge in [-0.25, -0.2) is 4.79 Å². The molecule has 0 saturated carbocycles. The molecule has 0 aliphatic heterocycles. The van der Waals surface area contributed by atoms with Crippen LogP contribution in [0.25, 0.3) is 10.2 Å². The van der Waals surface area contributed by atoms with Crippen LogP contribution in [0.15, 0.2) is 69.6 Å². The molecule has 2 heterocycles. The minimum atomic E-state index is -0.504. The number of benzene rings is 2. The standard InChI is InChI=1S/C25H23N3O4S/c1-32-18-7-4-5-16(13-18)14-28-24(30)23-21(11-12-33-23)27(25(28)31)15-22(29)26-20-10-9-17-6-2-3-8-19(17)20/h2-8,11-13,20H,9-10,14-15H2,1H3,(H,26,29). The summed E-state index contributed by atoms with van der Waals surface area (Å²) >= 11 is 1.27. The van der Waals surface area contributed by atoms with Crippen LogP contribution in [-0.4, -0.2) is 22.2 Å². The lowest BCUT2D eigenvalue weighted by Crippen LogP contribution is -2.42. The number of amides is 1. The Morgan fingerprint density at radius 3 is 2.82 bits per heavy atom. The summed E-state index contributed by atoms with van der Waals surface area (Å²) in [5.74, 6) is 0.396. The lowest BCUT2D eigenvalue weighted by Gasteiger charge is -2.16. The normalized spacial score (nSPS) is 14.9. The summed E-state index contributed by atoms with van der Waals surface area (Å²) in [7, 11) is 1.57. The van der Waals surface area contributed by atoms with Crippen LogP contribution in [0.2, 0.25) is 0 Å². The van der Waals surface area contributed by atoms with Crippen LogP contribution in [0.5, 0.6) is 5.75 Å². The molecule has 0 radical (unpaired) electrons. The van der Waals surface area contributed by atoms with E-state index in [0.29, 0.717) is 16.0 Å². The summed E-state index contributed by atoms with van der Waals surface area (Å²) in [6.07, 6.45) is 1.75. The lowest BCUT2D eigenvalue weighted by atomic mass is 10.1. The maximum atomic E-state index is 13.4. The first-order chi connectivity index (χ1) is 16.0. The van der Waals surface area contributed by atoms with Crippen molar-refractivity contribution >= 4 is 27.5 Å². The quantitative estimate of drug-likeness (QED) is 0.478. The van der Waals surface area contributed by atoms with Gasteiger partial charge >= 0.3 is 5.69 Å². The molecule has 33 heavy (non-hydrogen) atoms. The predicted octanol–water partition coefficient (Wildman–Crippen LogP) is 3.09. The van der Waals surface area contributed by atoms with Gasteiger partial charge in [-0.05, 0) is 53.1 Å². The smallest absolute Gasteiger partial charge is 0.332 e. The van der Waals surface area contributed by atoms with Crippen molar-refractivity contribution in [1.82, 2.24) is 14.5 Å². The fourth-order valence-electron chi connectivity index (χ4n) is 4.47. The van der Waals surface area contributed by atoms with Crippen molar-refractivity contribution < 1.29 is 9.53 Å². The summed E-state index contributed by atoms with van der Waals surface area (Å²) in [6.45, 7) is -0.0521. The van der Waals surface area contributed by atoms with E-state index in [9.17, 15) is 14.4 Å². The number of aryl methyl sites for hydroxylation is 1. The molecule has 1 unspecified atom stereocenters. The number of methoxy groups -OCH3 is 1. The minimum Gasteiger partial charge on any atom is -0.497 e. The molecule has 0 saturated heterocycles. The molecule has 1 aliphatic rings. The molecule has 1 aliphatic carbocycles. The summed E-state index contributed by atoms with van der Waals surface area (Å²) in [5, 5.41) is 4.83. The predicted molar refractivity (Wildman–Crippen MR) is 128 cm³/mol. The van der Waals surface area contributed by atoms with E-state index in [0.717, 1.165) is 24.0 Å². The van der Waals surface area contributed by atoms with Gasteiger partial charge in [-0.3, -0.25) is 18.7 Å². The van der Waals surface area contributed by atoms with Gasteiger partial charge in [0.2, 0.25) is 5.91 Å².